The van der Waals surface area contributed by atoms with Crippen LogP contribution in [0.2, 0.25) is 0 Å². The number of ether oxygens (including phenoxy) is 1. The number of hydrogen-bond acceptors (Lipinski definition) is 2. The minimum absolute atomic E-state index is 0.159. The molecule has 1 heterocycles. The highest BCUT2D eigenvalue weighted by molar-refractivity contribution is 5.81. The molecule has 2 aromatic rings. The monoisotopic (exact) mass is 217 g/mol. The van der Waals surface area contributed by atoms with E-state index in [4.69, 9.17) is 0 Å². The number of hydrogen-bond donors (Lipinski definition) is 0. The van der Waals surface area contributed by atoms with E-state index in [1.54, 1.807) is 0 Å². The van der Waals surface area contributed by atoms with Crippen LogP contribution in [0.5, 0.6) is 0 Å². The molecule has 16 heavy (non-hydrogen) atoms. The molecular weight excluding hydrogens is 202 g/mol. The van der Waals surface area contributed by atoms with Gasteiger partial charge in [0.25, 0.3) is 0 Å². The number of esters is 1. The van der Waals surface area contributed by atoms with Crippen molar-refractivity contribution in [2.75, 3.05) is 7.11 Å². The Labute approximate surface area is 94.6 Å². The van der Waals surface area contributed by atoms with Crippen molar-refractivity contribution >= 4 is 16.9 Å². The first-order chi connectivity index (χ1) is 7.70. The van der Waals surface area contributed by atoms with Gasteiger partial charge in [-0.25, -0.2) is 0 Å². The zero-order chi connectivity index (χ0) is 11.5. The molecule has 0 aliphatic carbocycles. The average Bonchev–Trinajstić information content (AvgIpc) is 2.67. The standard InChI is InChI=1S/C13H15NO2/c1-14-8-7-11-9-10(3-5-12(11)14)4-6-13(15)16-2/h3,5,7-9H,4,6H2,1-2H3. The lowest BCUT2D eigenvalue weighted by Crippen LogP contribution is -2.01. The third-order valence-electron chi connectivity index (χ3n) is 2.80. The molecule has 3 nitrogen and oxygen atoms in total. The van der Waals surface area contributed by atoms with Crippen LogP contribution in [-0.2, 0) is 23.0 Å². The van der Waals surface area contributed by atoms with Gasteiger partial charge in [-0.3, -0.25) is 4.79 Å². The molecular formula is C13H15NO2. The van der Waals surface area contributed by atoms with E-state index in [0.717, 1.165) is 6.42 Å². The molecule has 0 aliphatic rings. The topological polar surface area (TPSA) is 31.2 Å². The fourth-order valence-electron chi connectivity index (χ4n) is 1.84. The summed E-state index contributed by atoms with van der Waals surface area (Å²) in [5.41, 5.74) is 2.38. The van der Waals surface area contributed by atoms with Gasteiger partial charge in [0.1, 0.15) is 0 Å². The third kappa shape index (κ3) is 2.08. The number of carbonyl (C=O) groups is 1. The van der Waals surface area contributed by atoms with Crippen LogP contribution >= 0.6 is 0 Å². The van der Waals surface area contributed by atoms with Crippen molar-refractivity contribution in [3.8, 4) is 0 Å². The Morgan fingerprint density at radius 1 is 1.38 bits per heavy atom. The van der Waals surface area contributed by atoms with Crippen LogP contribution in [0.25, 0.3) is 10.9 Å². The maximum absolute atomic E-state index is 11.0. The molecule has 0 atom stereocenters. The van der Waals surface area contributed by atoms with Gasteiger partial charge in [0.05, 0.1) is 7.11 Å². The van der Waals surface area contributed by atoms with E-state index in [1.165, 1.54) is 23.6 Å². The maximum atomic E-state index is 11.0. The van der Waals surface area contributed by atoms with Crippen LogP contribution in [0.4, 0.5) is 0 Å². The Morgan fingerprint density at radius 3 is 2.94 bits per heavy atom. The quantitative estimate of drug-likeness (QED) is 0.738. The minimum atomic E-state index is -0.159. The molecule has 0 spiro atoms. The lowest BCUT2D eigenvalue weighted by molar-refractivity contribution is -0.140. The van der Waals surface area contributed by atoms with Crippen LogP contribution in [0.3, 0.4) is 0 Å². The van der Waals surface area contributed by atoms with Crippen molar-refractivity contribution in [2.45, 2.75) is 12.8 Å². The number of aryl methyl sites for hydroxylation is 2. The van der Waals surface area contributed by atoms with Crippen LogP contribution in [0.15, 0.2) is 30.5 Å². The summed E-state index contributed by atoms with van der Waals surface area (Å²) in [6.45, 7) is 0. The van der Waals surface area contributed by atoms with Crippen LogP contribution in [-0.4, -0.2) is 17.6 Å². The summed E-state index contributed by atoms with van der Waals surface area (Å²) in [6, 6.07) is 8.35. The zero-order valence-electron chi connectivity index (χ0n) is 9.56. The van der Waals surface area contributed by atoms with E-state index in [0.29, 0.717) is 6.42 Å². The Bertz CT molecular complexity index is 514. The highest BCUT2D eigenvalue weighted by Gasteiger charge is 2.03. The average molecular weight is 217 g/mol. The van der Waals surface area contributed by atoms with Gasteiger partial charge >= 0.3 is 5.97 Å². The summed E-state index contributed by atoms with van der Waals surface area (Å²) < 4.78 is 6.70. The Morgan fingerprint density at radius 2 is 2.19 bits per heavy atom. The fraction of sp³-hybridized carbons (Fsp3) is 0.308. The number of aromatic nitrogens is 1. The van der Waals surface area contributed by atoms with Crippen LogP contribution in [0.1, 0.15) is 12.0 Å². The number of rotatable bonds is 3. The van der Waals surface area contributed by atoms with Gasteiger partial charge in [0, 0.05) is 25.2 Å². The van der Waals surface area contributed by atoms with Crippen molar-refractivity contribution < 1.29 is 9.53 Å². The lowest BCUT2D eigenvalue weighted by atomic mass is 10.1. The summed E-state index contributed by atoms with van der Waals surface area (Å²) in [5, 5.41) is 1.21. The Kier molecular flexibility index (Phi) is 2.95. The normalized spacial score (nSPS) is 10.6. The maximum Gasteiger partial charge on any atom is 0.305 e. The van der Waals surface area contributed by atoms with E-state index in [-0.39, 0.29) is 5.97 Å². The van der Waals surface area contributed by atoms with E-state index in [1.807, 2.05) is 13.2 Å². The third-order valence-corrected chi connectivity index (χ3v) is 2.80. The van der Waals surface area contributed by atoms with Gasteiger partial charge in [-0.05, 0) is 35.6 Å². The predicted molar refractivity (Wildman–Crippen MR) is 63.3 cm³/mol. The summed E-state index contributed by atoms with van der Waals surface area (Å²) in [7, 11) is 3.44. The van der Waals surface area contributed by atoms with Gasteiger partial charge in [-0.2, -0.15) is 0 Å². The molecule has 0 bridgehead atoms. The van der Waals surface area contributed by atoms with Gasteiger partial charge in [-0.15, -0.1) is 0 Å². The minimum Gasteiger partial charge on any atom is -0.469 e. The first kappa shape index (κ1) is 10.7. The molecule has 1 aromatic carbocycles. The SMILES string of the molecule is COC(=O)CCc1ccc2c(ccn2C)c1. The van der Waals surface area contributed by atoms with Gasteiger partial charge in [-0.1, -0.05) is 6.07 Å². The summed E-state index contributed by atoms with van der Waals surface area (Å²) in [4.78, 5) is 11.0. The molecule has 2 rings (SSSR count). The van der Waals surface area contributed by atoms with E-state index >= 15 is 0 Å². The highest BCUT2D eigenvalue weighted by Crippen LogP contribution is 2.17. The number of carbonyl (C=O) groups excluding carboxylic acids is 1. The molecule has 0 amide bonds. The van der Waals surface area contributed by atoms with Gasteiger partial charge in [0.15, 0.2) is 0 Å². The van der Waals surface area contributed by atoms with Crippen molar-refractivity contribution in [3.05, 3.63) is 36.0 Å². The molecule has 0 N–H and O–H groups in total. The number of fused-ring (bicyclic) bond motifs is 1. The van der Waals surface area contributed by atoms with Crippen LogP contribution < -0.4 is 0 Å². The molecule has 0 saturated heterocycles. The number of methoxy groups -OCH3 is 1. The molecule has 1 aromatic heterocycles. The molecule has 0 saturated carbocycles. The smallest absolute Gasteiger partial charge is 0.305 e. The highest BCUT2D eigenvalue weighted by atomic mass is 16.5. The van der Waals surface area contributed by atoms with Crippen LogP contribution in [0, 0.1) is 0 Å². The van der Waals surface area contributed by atoms with Crippen molar-refractivity contribution in [3.63, 3.8) is 0 Å². The summed E-state index contributed by atoms with van der Waals surface area (Å²) in [6.07, 6.45) is 3.21. The summed E-state index contributed by atoms with van der Waals surface area (Å²) >= 11 is 0. The molecule has 84 valence electrons. The Hall–Kier alpha value is -1.77. The molecule has 0 unspecified atom stereocenters. The lowest BCUT2D eigenvalue weighted by Gasteiger charge is -2.02. The van der Waals surface area contributed by atoms with Crippen molar-refractivity contribution in [1.82, 2.24) is 4.57 Å². The van der Waals surface area contributed by atoms with Gasteiger partial charge in [0.2, 0.25) is 0 Å². The molecule has 3 heteroatoms. The first-order valence-electron chi connectivity index (χ1n) is 5.31. The fourth-order valence-corrected chi connectivity index (χ4v) is 1.84. The second kappa shape index (κ2) is 4.39. The molecule has 0 aliphatic heterocycles. The predicted octanol–water partition coefficient (Wildman–Crippen LogP) is 2.28. The second-order valence-electron chi connectivity index (χ2n) is 3.90. The van der Waals surface area contributed by atoms with Crippen molar-refractivity contribution in [2.24, 2.45) is 7.05 Å². The van der Waals surface area contributed by atoms with Crippen molar-refractivity contribution in [1.29, 1.82) is 0 Å². The van der Waals surface area contributed by atoms with E-state index < -0.39 is 0 Å². The first-order valence-corrected chi connectivity index (χ1v) is 5.31. The van der Waals surface area contributed by atoms with Gasteiger partial charge < -0.3 is 9.30 Å². The largest absolute Gasteiger partial charge is 0.469 e. The number of nitrogens with zero attached hydrogens (tertiary/aromatic N) is 1. The second-order valence-corrected chi connectivity index (χ2v) is 3.90. The number of benzene rings is 1. The zero-order valence-corrected chi connectivity index (χ0v) is 9.56. The summed E-state index contributed by atoms with van der Waals surface area (Å²) in [5.74, 6) is -0.159. The molecule has 0 radical (unpaired) electrons. The van der Waals surface area contributed by atoms with E-state index in [2.05, 4.69) is 33.6 Å². The molecule has 0 fully saturated rings. The van der Waals surface area contributed by atoms with E-state index in [9.17, 15) is 4.79 Å². The Balaban J connectivity index is 2.17.